The van der Waals surface area contributed by atoms with Gasteiger partial charge in [-0.3, -0.25) is 0 Å². The molecule has 0 radical (unpaired) electrons. The second-order valence-electron chi connectivity index (χ2n) is 4.06. The highest BCUT2D eigenvalue weighted by atomic mass is 35.5. The predicted molar refractivity (Wildman–Crippen MR) is 90.2 cm³/mol. The van der Waals surface area contributed by atoms with Gasteiger partial charge < -0.3 is 0 Å². The van der Waals surface area contributed by atoms with Gasteiger partial charge in [-0.2, -0.15) is 14.9 Å². The SMILES string of the molecule is S=c1[nH]nc(-c2cccs2)n1/N=C/c1ccc(Cl)c(Cl)c1. The maximum Gasteiger partial charge on any atom is 0.216 e. The van der Waals surface area contributed by atoms with Gasteiger partial charge in [-0.05, 0) is 41.4 Å². The number of thiophene rings is 1. The summed E-state index contributed by atoms with van der Waals surface area (Å²) in [6.07, 6.45) is 1.66. The zero-order valence-electron chi connectivity index (χ0n) is 10.5. The number of aromatic amines is 1. The number of nitrogens with one attached hydrogen (secondary N) is 1. The van der Waals surface area contributed by atoms with E-state index in [2.05, 4.69) is 15.3 Å². The Balaban J connectivity index is 1.98. The lowest BCUT2D eigenvalue weighted by molar-refractivity contribution is 0.873. The standard InChI is InChI=1S/C13H8Cl2N4S2/c14-9-4-3-8(6-10(9)15)7-16-19-12(17-18-13(19)20)11-2-1-5-21-11/h1-7H,(H,18,20)/b16-7+. The van der Waals surface area contributed by atoms with Crippen molar-refractivity contribution in [3.8, 4) is 10.7 Å². The van der Waals surface area contributed by atoms with Gasteiger partial charge in [0.25, 0.3) is 0 Å². The first-order chi connectivity index (χ1) is 10.1. The van der Waals surface area contributed by atoms with Gasteiger partial charge in [0, 0.05) is 0 Å². The summed E-state index contributed by atoms with van der Waals surface area (Å²) in [4.78, 5) is 0.980. The average molecular weight is 355 g/mol. The van der Waals surface area contributed by atoms with Crippen LogP contribution in [-0.4, -0.2) is 21.1 Å². The van der Waals surface area contributed by atoms with Crippen molar-refractivity contribution in [1.29, 1.82) is 0 Å². The number of hydrogen-bond acceptors (Lipinski definition) is 4. The lowest BCUT2D eigenvalue weighted by Gasteiger charge is -1.99. The molecule has 21 heavy (non-hydrogen) atoms. The normalized spacial score (nSPS) is 11.3. The van der Waals surface area contributed by atoms with E-state index in [0.717, 1.165) is 10.4 Å². The monoisotopic (exact) mass is 354 g/mol. The molecule has 0 fully saturated rings. The molecule has 0 unspecified atom stereocenters. The van der Waals surface area contributed by atoms with Gasteiger partial charge in [-0.1, -0.05) is 35.3 Å². The Morgan fingerprint density at radius 1 is 1.29 bits per heavy atom. The van der Waals surface area contributed by atoms with Crippen molar-refractivity contribution < 1.29 is 0 Å². The summed E-state index contributed by atoms with van der Waals surface area (Å²) in [6, 6.07) is 9.19. The van der Waals surface area contributed by atoms with Gasteiger partial charge in [0.1, 0.15) is 0 Å². The van der Waals surface area contributed by atoms with Crippen molar-refractivity contribution in [2.45, 2.75) is 0 Å². The molecule has 4 nitrogen and oxygen atoms in total. The van der Waals surface area contributed by atoms with E-state index >= 15 is 0 Å². The lowest BCUT2D eigenvalue weighted by atomic mass is 10.2. The average Bonchev–Trinajstić information content (AvgIpc) is 3.10. The largest absolute Gasteiger partial charge is 0.250 e. The Bertz CT molecular complexity index is 849. The Hall–Kier alpha value is -1.47. The molecule has 0 spiro atoms. The number of H-pyrrole nitrogens is 1. The molecule has 0 bridgehead atoms. The van der Waals surface area contributed by atoms with Crippen LogP contribution >= 0.6 is 46.8 Å². The molecule has 0 aliphatic heterocycles. The molecule has 0 saturated carbocycles. The van der Waals surface area contributed by atoms with Crippen LogP contribution in [-0.2, 0) is 0 Å². The van der Waals surface area contributed by atoms with E-state index in [1.807, 2.05) is 23.6 Å². The van der Waals surface area contributed by atoms with Crippen LogP contribution in [0.5, 0.6) is 0 Å². The zero-order valence-corrected chi connectivity index (χ0v) is 13.6. The van der Waals surface area contributed by atoms with E-state index in [9.17, 15) is 0 Å². The molecule has 2 aromatic heterocycles. The summed E-state index contributed by atoms with van der Waals surface area (Å²) in [5, 5.41) is 14.3. The topological polar surface area (TPSA) is 46.0 Å². The van der Waals surface area contributed by atoms with Crippen LogP contribution in [0.1, 0.15) is 5.56 Å². The zero-order chi connectivity index (χ0) is 14.8. The highest BCUT2D eigenvalue weighted by molar-refractivity contribution is 7.71. The smallest absolute Gasteiger partial charge is 0.216 e. The molecule has 1 N–H and O–H groups in total. The predicted octanol–water partition coefficient (Wildman–Crippen LogP) is 4.86. The van der Waals surface area contributed by atoms with Crippen molar-refractivity contribution in [3.63, 3.8) is 0 Å². The second-order valence-corrected chi connectivity index (χ2v) is 6.21. The number of benzene rings is 1. The summed E-state index contributed by atoms with van der Waals surface area (Å²) in [5.74, 6) is 0.673. The Morgan fingerprint density at radius 3 is 2.86 bits per heavy atom. The van der Waals surface area contributed by atoms with Crippen LogP contribution in [0.15, 0.2) is 40.8 Å². The van der Waals surface area contributed by atoms with Crippen LogP contribution in [0.3, 0.4) is 0 Å². The highest BCUT2D eigenvalue weighted by Gasteiger charge is 2.08. The Labute approximate surface area is 139 Å². The molecular formula is C13H8Cl2N4S2. The molecule has 3 rings (SSSR count). The summed E-state index contributed by atoms with van der Waals surface area (Å²) in [6.45, 7) is 0. The third-order valence-electron chi connectivity index (χ3n) is 2.66. The van der Waals surface area contributed by atoms with Crippen LogP contribution in [0, 0.1) is 4.77 Å². The fourth-order valence-electron chi connectivity index (χ4n) is 1.68. The molecule has 2 heterocycles. The number of nitrogens with zero attached hydrogens (tertiary/aromatic N) is 3. The minimum Gasteiger partial charge on any atom is -0.250 e. The first-order valence-electron chi connectivity index (χ1n) is 5.86. The number of rotatable bonds is 3. The van der Waals surface area contributed by atoms with E-state index in [-0.39, 0.29) is 0 Å². The fraction of sp³-hybridized carbons (Fsp3) is 0. The number of aromatic nitrogens is 3. The van der Waals surface area contributed by atoms with E-state index in [1.54, 1.807) is 34.4 Å². The fourth-order valence-corrected chi connectivity index (χ4v) is 2.87. The molecule has 0 aliphatic carbocycles. The second kappa shape index (κ2) is 6.11. The van der Waals surface area contributed by atoms with Crippen molar-refractivity contribution in [2.75, 3.05) is 0 Å². The van der Waals surface area contributed by atoms with E-state index < -0.39 is 0 Å². The van der Waals surface area contributed by atoms with Gasteiger partial charge in [-0.15, -0.1) is 11.3 Å². The molecule has 0 amide bonds. The quantitative estimate of drug-likeness (QED) is 0.539. The van der Waals surface area contributed by atoms with Crippen LogP contribution in [0.4, 0.5) is 0 Å². The Kier molecular flexibility index (Phi) is 4.21. The van der Waals surface area contributed by atoms with E-state index in [0.29, 0.717) is 20.6 Å². The molecule has 3 aromatic rings. The number of halogens is 2. The maximum absolute atomic E-state index is 5.98. The summed E-state index contributed by atoms with van der Waals surface area (Å²) < 4.78 is 2.00. The maximum atomic E-state index is 5.98. The summed E-state index contributed by atoms with van der Waals surface area (Å²) >= 11 is 18.6. The minimum absolute atomic E-state index is 0.426. The van der Waals surface area contributed by atoms with Crippen molar-refractivity contribution in [3.05, 3.63) is 56.1 Å². The molecule has 0 saturated heterocycles. The molecular weight excluding hydrogens is 347 g/mol. The van der Waals surface area contributed by atoms with Gasteiger partial charge in [0.15, 0.2) is 5.82 Å². The van der Waals surface area contributed by atoms with Gasteiger partial charge in [0.2, 0.25) is 4.77 Å². The molecule has 0 atom stereocenters. The third kappa shape index (κ3) is 3.08. The van der Waals surface area contributed by atoms with Gasteiger partial charge >= 0.3 is 0 Å². The van der Waals surface area contributed by atoms with E-state index in [1.165, 1.54) is 0 Å². The van der Waals surface area contributed by atoms with Crippen LogP contribution in [0.25, 0.3) is 10.7 Å². The van der Waals surface area contributed by atoms with Crippen molar-refractivity contribution in [2.24, 2.45) is 5.10 Å². The highest BCUT2D eigenvalue weighted by Crippen LogP contribution is 2.23. The van der Waals surface area contributed by atoms with Gasteiger partial charge in [-0.25, -0.2) is 5.10 Å². The first kappa shape index (κ1) is 14.5. The molecule has 8 heteroatoms. The Morgan fingerprint density at radius 2 is 2.14 bits per heavy atom. The van der Waals surface area contributed by atoms with Crippen molar-refractivity contribution >= 4 is 53.0 Å². The number of hydrogen-bond donors (Lipinski definition) is 1. The summed E-state index contributed by atoms with van der Waals surface area (Å²) in [5.41, 5.74) is 0.824. The van der Waals surface area contributed by atoms with Crippen LogP contribution < -0.4 is 0 Å². The lowest BCUT2D eigenvalue weighted by Crippen LogP contribution is -1.93. The minimum atomic E-state index is 0.426. The first-order valence-corrected chi connectivity index (χ1v) is 7.90. The van der Waals surface area contributed by atoms with Gasteiger partial charge in [0.05, 0.1) is 21.1 Å². The third-order valence-corrected chi connectivity index (χ3v) is 4.53. The molecule has 106 valence electrons. The van der Waals surface area contributed by atoms with Crippen LogP contribution in [0.2, 0.25) is 10.0 Å². The molecule has 1 aromatic carbocycles. The van der Waals surface area contributed by atoms with Crippen molar-refractivity contribution in [1.82, 2.24) is 14.9 Å². The summed E-state index contributed by atoms with van der Waals surface area (Å²) in [7, 11) is 0. The van der Waals surface area contributed by atoms with E-state index in [4.69, 9.17) is 35.4 Å². The molecule has 0 aliphatic rings.